The third-order valence-corrected chi connectivity index (χ3v) is 5.79. The van der Waals surface area contributed by atoms with E-state index in [2.05, 4.69) is 9.97 Å². The van der Waals surface area contributed by atoms with Crippen LogP contribution in [0.25, 0.3) is 10.2 Å². The van der Waals surface area contributed by atoms with Gasteiger partial charge < -0.3 is 4.90 Å². The van der Waals surface area contributed by atoms with Gasteiger partial charge in [0.15, 0.2) is 0 Å². The molecule has 2 heterocycles. The van der Waals surface area contributed by atoms with Gasteiger partial charge in [-0.3, -0.25) is 4.79 Å². The molecule has 0 fully saturated rings. The van der Waals surface area contributed by atoms with Crippen molar-refractivity contribution in [1.29, 1.82) is 0 Å². The van der Waals surface area contributed by atoms with E-state index in [4.69, 9.17) is 11.6 Å². The first-order chi connectivity index (χ1) is 11.6. The zero-order chi connectivity index (χ0) is 17.1. The lowest BCUT2D eigenvalue weighted by atomic mass is 10.2. The molecule has 24 heavy (non-hydrogen) atoms. The molecular formula is C16H13ClFN3OS2. The zero-order valence-electron chi connectivity index (χ0n) is 12.7. The molecule has 0 atom stereocenters. The Morgan fingerprint density at radius 3 is 3.00 bits per heavy atom. The second kappa shape index (κ2) is 7.46. The van der Waals surface area contributed by atoms with Gasteiger partial charge in [-0.1, -0.05) is 29.4 Å². The van der Waals surface area contributed by atoms with Gasteiger partial charge in [-0.05, 0) is 23.6 Å². The third kappa shape index (κ3) is 3.68. The van der Waals surface area contributed by atoms with Gasteiger partial charge in [0.2, 0.25) is 5.91 Å². The molecule has 2 aromatic heterocycles. The highest BCUT2D eigenvalue weighted by Gasteiger charge is 2.15. The predicted molar refractivity (Wildman–Crippen MR) is 96.0 cm³/mol. The highest BCUT2D eigenvalue weighted by atomic mass is 35.5. The summed E-state index contributed by atoms with van der Waals surface area (Å²) in [7, 11) is 1.63. The second-order valence-electron chi connectivity index (χ2n) is 5.05. The lowest BCUT2D eigenvalue weighted by molar-refractivity contribution is -0.127. The predicted octanol–water partition coefficient (Wildman–Crippen LogP) is 4.23. The number of amides is 1. The molecular weight excluding hydrogens is 369 g/mol. The highest BCUT2D eigenvalue weighted by molar-refractivity contribution is 8.00. The van der Waals surface area contributed by atoms with E-state index in [1.165, 1.54) is 29.1 Å². The number of carbonyl (C=O) groups excluding carboxylic acids is 1. The number of halogens is 2. The SMILES string of the molecule is CN(Cc1c(F)cccc1Cl)C(=O)CSc1ncnc2ccsc12. The maximum absolute atomic E-state index is 13.8. The van der Waals surface area contributed by atoms with Crippen LogP contribution in [0.3, 0.4) is 0 Å². The molecule has 0 N–H and O–H groups in total. The van der Waals surface area contributed by atoms with Crippen LogP contribution < -0.4 is 0 Å². The summed E-state index contributed by atoms with van der Waals surface area (Å²) in [5, 5.41) is 3.04. The van der Waals surface area contributed by atoms with Crippen LogP contribution >= 0.6 is 34.7 Å². The number of rotatable bonds is 5. The molecule has 3 rings (SSSR count). The van der Waals surface area contributed by atoms with Crippen molar-refractivity contribution in [2.75, 3.05) is 12.8 Å². The van der Waals surface area contributed by atoms with E-state index in [9.17, 15) is 9.18 Å². The fourth-order valence-corrected chi connectivity index (χ4v) is 4.23. The number of thioether (sulfide) groups is 1. The molecule has 1 amide bonds. The number of carbonyl (C=O) groups is 1. The lowest BCUT2D eigenvalue weighted by Crippen LogP contribution is -2.28. The Labute approximate surface area is 151 Å². The molecule has 0 aliphatic carbocycles. The smallest absolute Gasteiger partial charge is 0.233 e. The molecule has 0 saturated carbocycles. The molecule has 0 radical (unpaired) electrons. The van der Waals surface area contributed by atoms with Crippen LogP contribution in [-0.4, -0.2) is 33.6 Å². The maximum atomic E-state index is 13.8. The van der Waals surface area contributed by atoms with Crippen LogP contribution in [0.5, 0.6) is 0 Å². The van der Waals surface area contributed by atoms with E-state index in [0.717, 1.165) is 15.2 Å². The van der Waals surface area contributed by atoms with Crippen molar-refractivity contribution in [2.24, 2.45) is 0 Å². The van der Waals surface area contributed by atoms with Gasteiger partial charge in [-0.2, -0.15) is 0 Å². The Morgan fingerprint density at radius 1 is 1.38 bits per heavy atom. The molecule has 1 aromatic carbocycles. The summed E-state index contributed by atoms with van der Waals surface area (Å²) in [5.74, 6) is -0.319. The van der Waals surface area contributed by atoms with Crippen molar-refractivity contribution in [2.45, 2.75) is 11.6 Å². The van der Waals surface area contributed by atoms with Crippen molar-refractivity contribution < 1.29 is 9.18 Å². The second-order valence-corrected chi connectivity index (χ2v) is 7.34. The van der Waals surface area contributed by atoms with Crippen LogP contribution in [0.15, 0.2) is 41.0 Å². The minimum Gasteiger partial charge on any atom is -0.341 e. The minimum absolute atomic E-state index is 0.123. The molecule has 0 saturated heterocycles. The molecule has 124 valence electrons. The summed E-state index contributed by atoms with van der Waals surface area (Å²) in [5.41, 5.74) is 1.19. The summed E-state index contributed by atoms with van der Waals surface area (Å²) < 4.78 is 14.8. The van der Waals surface area contributed by atoms with Gasteiger partial charge in [0.05, 0.1) is 16.0 Å². The number of fused-ring (bicyclic) bond motifs is 1. The Hall–Kier alpha value is -1.70. The molecule has 0 unspecified atom stereocenters. The van der Waals surface area contributed by atoms with Gasteiger partial charge in [0, 0.05) is 24.2 Å². The van der Waals surface area contributed by atoms with Crippen molar-refractivity contribution in [1.82, 2.24) is 14.9 Å². The quantitative estimate of drug-likeness (QED) is 0.490. The number of aromatic nitrogens is 2. The Balaban J connectivity index is 1.65. The summed E-state index contributed by atoms with van der Waals surface area (Å²) >= 11 is 8.90. The topological polar surface area (TPSA) is 46.1 Å². The fraction of sp³-hybridized carbons (Fsp3) is 0.188. The highest BCUT2D eigenvalue weighted by Crippen LogP contribution is 2.29. The van der Waals surface area contributed by atoms with Crippen LogP contribution in [0.1, 0.15) is 5.56 Å². The summed E-state index contributed by atoms with van der Waals surface area (Å²) in [6, 6.07) is 6.41. The molecule has 8 heteroatoms. The average Bonchev–Trinajstić information content (AvgIpc) is 3.05. The van der Waals surface area contributed by atoms with Gasteiger partial charge >= 0.3 is 0 Å². The molecule has 3 aromatic rings. The van der Waals surface area contributed by atoms with Crippen molar-refractivity contribution in [3.05, 3.63) is 52.4 Å². The largest absolute Gasteiger partial charge is 0.341 e. The minimum atomic E-state index is -0.411. The summed E-state index contributed by atoms with van der Waals surface area (Å²) in [4.78, 5) is 22.2. The maximum Gasteiger partial charge on any atom is 0.233 e. The lowest BCUT2D eigenvalue weighted by Gasteiger charge is -2.18. The van der Waals surface area contributed by atoms with E-state index in [1.54, 1.807) is 30.5 Å². The number of benzene rings is 1. The van der Waals surface area contributed by atoms with E-state index in [-0.39, 0.29) is 18.2 Å². The first-order valence-corrected chi connectivity index (χ1v) is 9.28. The summed E-state index contributed by atoms with van der Waals surface area (Å²) in [6.07, 6.45) is 1.49. The van der Waals surface area contributed by atoms with E-state index in [1.807, 2.05) is 11.4 Å². The Bertz CT molecular complexity index is 866. The Morgan fingerprint density at radius 2 is 2.21 bits per heavy atom. The normalized spacial score (nSPS) is 11.0. The van der Waals surface area contributed by atoms with Gasteiger partial charge in [0.25, 0.3) is 0 Å². The monoisotopic (exact) mass is 381 g/mol. The first-order valence-electron chi connectivity index (χ1n) is 7.04. The Kier molecular flexibility index (Phi) is 5.33. The van der Waals surface area contributed by atoms with Crippen LogP contribution in [0, 0.1) is 5.82 Å². The molecule has 0 aliphatic rings. The number of hydrogen-bond acceptors (Lipinski definition) is 5. The third-order valence-electron chi connectivity index (χ3n) is 3.43. The molecule has 0 bridgehead atoms. The standard InChI is InChI=1S/C16H13ClFN3OS2/c1-21(7-10-11(17)3-2-4-12(10)18)14(22)8-24-16-15-13(5-6-23-15)19-9-20-16/h2-6,9H,7-8H2,1H3. The summed E-state index contributed by atoms with van der Waals surface area (Å²) in [6.45, 7) is 0.128. The van der Waals surface area contributed by atoms with Crippen molar-refractivity contribution in [3.8, 4) is 0 Å². The van der Waals surface area contributed by atoms with Gasteiger partial charge in [-0.15, -0.1) is 11.3 Å². The molecule has 0 aliphatic heterocycles. The fourth-order valence-electron chi connectivity index (χ4n) is 2.12. The van der Waals surface area contributed by atoms with Gasteiger partial charge in [0.1, 0.15) is 17.2 Å². The molecule has 0 spiro atoms. The van der Waals surface area contributed by atoms with Crippen molar-refractivity contribution >= 4 is 50.8 Å². The van der Waals surface area contributed by atoms with Crippen LogP contribution in [0.2, 0.25) is 5.02 Å². The zero-order valence-corrected chi connectivity index (χ0v) is 15.1. The van der Waals surface area contributed by atoms with E-state index >= 15 is 0 Å². The van der Waals surface area contributed by atoms with E-state index in [0.29, 0.717) is 10.6 Å². The number of hydrogen-bond donors (Lipinski definition) is 0. The number of thiophene rings is 1. The molecule has 4 nitrogen and oxygen atoms in total. The van der Waals surface area contributed by atoms with Crippen molar-refractivity contribution in [3.63, 3.8) is 0 Å². The van der Waals surface area contributed by atoms with Gasteiger partial charge in [-0.25, -0.2) is 14.4 Å². The first kappa shape index (κ1) is 17.1. The number of nitrogens with zero attached hydrogens (tertiary/aromatic N) is 3. The van der Waals surface area contributed by atoms with Crippen LogP contribution in [-0.2, 0) is 11.3 Å². The van der Waals surface area contributed by atoms with Crippen LogP contribution in [0.4, 0.5) is 4.39 Å². The average molecular weight is 382 g/mol. The van der Waals surface area contributed by atoms with E-state index < -0.39 is 5.82 Å².